The van der Waals surface area contributed by atoms with Gasteiger partial charge in [-0.2, -0.15) is 0 Å². The van der Waals surface area contributed by atoms with E-state index in [1.165, 1.54) is 0 Å². The molecule has 1 atom stereocenters. The molecule has 0 bridgehead atoms. The summed E-state index contributed by atoms with van der Waals surface area (Å²) in [5, 5.41) is 6.87. The first-order valence-corrected chi connectivity index (χ1v) is 7.56. The van der Waals surface area contributed by atoms with Crippen molar-refractivity contribution in [1.29, 1.82) is 0 Å². The Hall–Kier alpha value is -2.30. The standard InChI is InChI=1S/C17H20N2O3/c1-11-7-8-15-13(9-11)16(19-22-15)17(20)18-10-12-5-3-4-6-14(12)21-2/h3-6,11H,7-10H2,1-2H3,(H,18,20). The lowest BCUT2D eigenvalue weighted by Crippen LogP contribution is -2.25. The predicted octanol–water partition coefficient (Wildman–Crippen LogP) is 2.74. The molecule has 0 spiro atoms. The fourth-order valence-corrected chi connectivity index (χ4v) is 2.86. The van der Waals surface area contributed by atoms with Crippen molar-refractivity contribution in [1.82, 2.24) is 10.5 Å². The third-order valence-corrected chi connectivity index (χ3v) is 4.13. The Morgan fingerprint density at radius 3 is 3.09 bits per heavy atom. The number of para-hydroxylation sites is 1. The zero-order chi connectivity index (χ0) is 15.5. The van der Waals surface area contributed by atoms with Crippen molar-refractivity contribution in [3.8, 4) is 5.75 Å². The molecule has 0 saturated heterocycles. The van der Waals surface area contributed by atoms with E-state index >= 15 is 0 Å². The lowest BCUT2D eigenvalue weighted by atomic mass is 9.88. The number of aromatic nitrogens is 1. The van der Waals surface area contributed by atoms with Crippen LogP contribution in [0.1, 0.15) is 40.7 Å². The van der Waals surface area contributed by atoms with Crippen LogP contribution in [0.25, 0.3) is 0 Å². The maximum Gasteiger partial charge on any atom is 0.274 e. The number of benzene rings is 1. The monoisotopic (exact) mass is 300 g/mol. The third-order valence-electron chi connectivity index (χ3n) is 4.13. The summed E-state index contributed by atoms with van der Waals surface area (Å²) in [6, 6.07) is 7.63. The van der Waals surface area contributed by atoms with Crippen LogP contribution in [0.3, 0.4) is 0 Å². The lowest BCUT2D eigenvalue weighted by Gasteiger charge is -2.16. The Morgan fingerprint density at radius 1 is 1.45 bits per heavy atom. The molecule has 1 unspecified atom stereocenters. The van der Waals surface area contributed by atoms with E-state index < -0.39 is 0 Å². The van der Waals surface area contributed by atoms with Gasteiger partial charge < -0.3 is 14.6 Å². The number of rotatable bonds is 4. The third kappa shape index (κ3) is 2.84. The minimum Gasteiger partial charge on any atom is -0.496 e. The number of nitrogens with one attached hydrogen (secondary N) is 1. The number of carbonyl (C=O) groups excluding carboxylic acids is 1. The van der Waals surface area contributed by atoms with Crippen molar-refractivity contribution in [2.45, 2.75) is 32.7 Å². The number of aryl methyl sites for hydroxylation is 1. The van der Waals surface area contributed by atoms with E-state index in [0.29, 0.717) is 18.2 Å². The van der Waals surface area contributed by atoms with E-state index in [0.717, 1.165) is 41.9 Å². The van der Waals surface area contributed by atoms with Gasteiger partial charge in [0.25, 0.3) is 5.91 Å². The SMILES string of the molecule is COc1ccccc1CNC(=O)c1noc2c1CC(C)CC2. The Morgan fingerprint density at radius 2 is 2.27 bits per heavy atom. The van der Waals surface area contributed by atoms with Crippen molar-refractivity contribution < 1.29 is 14.1 Å². The van der Waals surface area contributed by atoms with E-state index in [-0.39, 0.29) is 5.91 Å². The molecule has 0 aliphatic heterocycles. The molecular weight excluding hydrogens is 280 g/mol. The molecule has 1 heterocycles. The second-order valence-electron chi connectivity index (χ2n) is 5.78. The van der Waals surface area contributed by atoms with Gasteiger partial charge in [-0.25, -0.2) is 0 Å². The normalized spacial score (nSPS) is 16.9. The highest BCUT2D eigenvalue weighted by atomic mass is 16.5. The largest absolute Gasteiger partial charge is 0.496 e. The van der Waals surface area contributed by atoms with Crippen LogP contribution in [0.15, 0.2) is 28.8 Å². The molecule has 1 aromatic heterocycles. The van der Waals surface area contributed by atoms with Crippen LogP contribution in [0.4, 0.5) is 0 Å². The van der Waals surface area contributed by atoms with Gasteiger partial charge in [-0.15, -0.1) is 0 Å². The van der Waals surface area contributed by atoms with Crippen LogP contribution in [0.2, 0.25) is 0 Å². The second-order valence-corrected chi connectivity index (χ2v) is 5.78. The summed E-state index contributed by atoms with van der Waals surface area (Å²) in [4.78, 5) is 12.4. The number of nitrogens with zero attached hydrogens (tertiary/aromatic N) is 1. The first-order chi connectivity index (χ1) is 10.7. The molecule has 1 aliphatic rings. The lowest BCUT2D eigenvalue weighted by molar-refractivity contribution is 0.0940. The van der Waals surface area contributed by atoms with E-state index in [9.17, 15) is 4.79 Å². The zero-order valence-electron chi connectivity index (χ0n) is 12.9. The van der Waals surface area contributed by atoms with Gasteiger partial charge in [-0.3, -0.25) is 4.79 Å². The Labute approximate surface area is 129 Å². The minimum atomic E-state index is -0.190. The summed E-state index contributed by atoms with van der Waals surface area (Å²) in [5.41, 5.74) is 2.33. The van der Waals surface area contributed by atoms with Gasteiger partial charge in [-0.05, 0) is 24.8 Å². The van der Waals surface area contributed by atoms with Crippen LogP contribution in [-0.2, 0) is 19.4 Å². The number of amides is 1. The number of hydrogen-bond donors (Lipinski definition) is 1. The predicted molar refractivity (Wildman–Crippen MR) is 81.9 cm³/mol. The van der Waals surface area contributed by atoms with Gasteiger partial charge in [-0.1, -0.05) is 30.3 Å². The first-order valence-electron chi connectivity index (χ1n) is 7.56. The summed E-state index contributed by atoms with van der Waals surface area (Å²) >= 11 is 0. The van der Waals surface area contributed by atoms with Crippen LogP contribution >= 0.6 is 0 Å². The van der Waals surface area contributed by atoms with Crippen LogP contribution in [-0.4, -0.2) is 18.2 Å². The molecule has 5 heteroatoms. The van der Waals surface area contributed by atoms with Gasteiger partial charge in [0.2, 0.25) is 0 Å². The van der Waals surface area contributed by atoms with Gasteiger partial charge in [0.1, 0.15) is 11.5 Å². The van der Waals surface area contributed by atoms with Gasteiger partial charge in [0.05, 0.1) is 7.11 Å². The molecule has 116 valence electrons. The van der Waals surface area contributed by atoms with Gasteiger partial charge in [0.15, 0.2) is 5.69 Å². The first kappa shape index (κ1) is 14.6. The highest BCUT2D eigenvalue weighted by Crippen LogP contribution is 2.27. The van der Waals surface area contributed by atoms with Gasteiger partial charge >= 0.3 is 0 Å². The quantitative estimate of drug-likeness (QED) is 0.943. The molecular formula is C17H20N2O3. The fourth-order valence-electron chi connectivity index (χ4n) is 2.86. The van der Waals surface area contributed by atoms with Crippen LogP contribution < -0.4 is 10.1 Å². The molecule has 2 aromatic rings. The molecule has 3 rings (SSSR count). The summed E-state index contributed by atoms with van der Waals surface area (Å²) in [6.45, 7) is 2.59. The smallest absolute Gasteiger partial charge is 0.274 e. The number of ether oxygens (including phenoxy) is 1. The van der Waals surface area contributed by atoms with E-state index in [4.69, 9.17) is 9.26 Å². The van der Waals surface area contributed by atoms with Crippen LogP contribution in [0.5, 0.6) is 5.75 Å². The summed E-state index contributed by atoms with van der Waals surface area (Å²) in [5.74, 6) is 2.00. The van der Waals surface area contributed by atoms with Crippen molar-refractivity contribution in [2.75, 3.05) is 7.11 Å². The van der Waals surface area contributed by atoms with Crippen LogP contribution in [0, 0.1) is 5.92 Å². The molecule has 5 nitrogen and oxygen atoms in total. The summed E-state index contributed by atoms with van der Waals surface area (Å²) in [6.07, 6.45) is 2.81. The molecule has 1 aliphatic carbocycles. The topological polar surface area (TPSA) is 64.4 Å². The number of fused-ring (bicyclic) bond motifs is 1. The van der Waals surface area contributed by atoms with E-state index in [2.05, 4.69) is 17.4 Å². The number of carbonyl (C=O) groups is 1. The van der Waals surface area contributed by atoms with Crippen molar-refractivity contribution >= 4 is 5.91 Å². The minimum absolute atomic E-state index is 0.190. The highest BCUT2D eigenvalue weighted by molar-refractivity contribution is 5.93. The highest BCUT2D eigenvalue weighted by Gasteiger charge is 2.26. The van der Waals surface area contributed by atoms with Crippen molar-refractivity contribution in [3.63, 3.8) is 0 Å². The Bertz CT molecular complexity index is 678. The van der Waals surface area contributed by atoms with E-state index in [1.807, 2.05) is 24.3 Å². The molecule has 0 saturated carbocycles. The van der Waals surface area contributed by atoms with Crippen molar-refractivity contribution in [2.24, 2.45) is 5.92 Å². The zero-order valence-corrected chi connectivity index (χ0v) is 12.9. The molecule has 0 fully saturated rings. The molecule has 1 amide bonds. The number of hydrogen-bond acceptors (Lipinski definition) is 4. The molecule has 22 heavy (non-hydrogen) atoms. The maximum atomic E-state index is 12.4. The van der Waals surface area contributed by atoms with Gasteiger partial charge in [0, 0.05) is 24.1 Å². The Balaban J connectivity index is 1.72. The molecule has 0 radical (unpaired) electrons. The van der Waals surface area contributed by atoms with E-state index in [1.54, 1.807) is 7.11 Å². The number of methoxy groups -OCH3 is 1. The molecule has 1 N–H and O–H groups in total. The maximum absolute atomic E-state index is 12.4. The average molecular weight is 300 g/mol. The summed E-state index contributed by atoms with van der Waals surface area (Å²) < 4.78 is 10.6. The average Bonchev–Trinajstić information content (AvgIpc) is 2.95. The second kappa shape index (κ2) is 6.22. The van der Waals surface area contributed by atoms with Crippen molar-refractivity contribution in [3.05, 3.63) is 46.8 Å². The fraction of sp³-hybridized carbons (Fsp3) is 0.412. The molecule has 1 aromatic carbocycles. The Kier molecular flexibility index (Phi) is 4.13. The summed E-state index contributed by atoms with van der Waals surface area (Å²) in [7, 11) is 1.62.